The van der Waals surface area contributed by atoms with E-state index in [1.54, 1.807) is 0 Å². The summed E-state index contributed by atoms with van der Waals surface area (Å²) in [6.07, 6.45) is 15.8. The van der Waals surface area contributed by atoms with E-state index in [-0.39, 0.29) is 0 Å². The summed E-state index contributed by atoms with van der Waals surface area (Å²) in [6, 6.07) is 21.2. The van der Waals surface area contributed by atoms with E-state index in [2.05, 4.69) is 85.0 Å². The van der Waals surface area contributed by atoms with Gasteiger partial charge in [-0.2, -0.15) is 0 Å². The van der Waals surface area contributed by atoms with Crippen molar-refractivity contribution in [1.29, 1.82) is 0 Å². The van der Waals surface area contributed by atoms with Gasteiger partial charge in [-0.15, -0.1) is 0 Å². The van der Waals surface area contributed by atoms with Crippen molar-refractivity contribution in [3.8, 4) is 0 Å². The Hall–Kier alpha value is -2.08. The number of hydrogen-bond acceptors (Lipinski definition) is 0. The van der Waals surface area contributed by atoms with Gasteiger partial charge >= 0.3 is 0 Å². The van der Waals surface area contributed by atoms with Gasteiger partial charge in [-0.05, 0) is 48.6 Å². The molecule has 0 heterocycles. The molecule has 1 aliphatic carbocycles. The van der Waals surface area contributed by atoms with Crippen LogP contribution in [0.25, 0.3) is 12.2 Å². The first-order valence-corrected chi connectivity index (χ1v) is 8.32. The molecule has 0 aromatic heterocycles. The standard InChI is InChI=1S/C22H24/c1-4-10-20(11-5-1)12-8-3-9-16-22(18-19-22)17-15-21-13-6-2-7-14-21/h1-2,4-8,10-15,17H,3,9,16,18-19H2. The molecule has 0 spiro atoms. The monoisotopic (exact) mass is 288 g/mol. The average molecular weight is 288 g/mol. The number of unbranched alkanes of at least 4 members (excludes halogenated alkanes) is 1. The van der Waals surface area contributed by atoms with Crippen LogP contribution in [-0.2, 0) is 0 Å². The van der Waals surface area contributed by atoms with Crippen LogP contribution < -0.4 is 0 Å². The zero-order valence-corrected chi connectivity index (χ0v) is 13.1. The molecule has 0 bridgehead atoms. The van der Waals surface area contributed by atoms with Crippen LogP contribution >= 0.6 is 0 Å². The molecule has 2 aromatic rings. The highest BCUT2D eigenvalue weighted by molar-refractivity contribution is 5.50. The Balaban J connectivity index is 1.43. The maximum absolute atomic E-state index is 2.45. The van der Waals surface area contributed by atoms with Crippen molar-refractivity contribution in [2.75, 3.05) is 0 Å². The molecule has 1 aliphatic rings. The van der Waals surface area contributed by atoms with Gasteiger partial charge < -0.3 is 0 Å². The molecule has 0 radical (unpaired) electrons. The molecule has 2 aromatic carbocycles. The van der Waals surface area contributed by atoms with Gasteiger partial charge in [0.15, 0.2) is 0 Å². The minimum atomic E-state index is 0.496. The number of allylic oxidation sites excluding steroid dienone is 2. The molecular weight excluding hydrogens is 264 g/mol. The topological polar surface area (TPSA) is 0 Å². The normalized spacial score (nSPS) is 16.4. The molecule has 22 heavy (non-hydrogen) atoms. The summed E-state index contributed by atoms with van der Waals surface area (Å²) in [5.41, 5.74) is 3.11. The lowest BCUT2D eigenvalue weighted by atomic mass is 9.97. The van der Waals surface area contributed by atoms with E-state index in [9.17, 15) is 0 Å². The van der Waals surface area contributed by atoms with Gasteiger partial charge in [0.2, 0.25) is 0 Å². The number of rotatable bonds is 7. The van der Waals surface area contributed by atoms with Crippen molar-refractivity contribution in [3.63, 3.8) is 0 Å². The van der Waals surface area contributed by atoms with E-state index < -0.39 is 0 Å². The quantitative estimate of drug-likeness (QED) is 0.520. The van der Waals surface area contributed by atoms with Crippen LogP contribution in [0.2, 0.25) is 0 Å². The highest BCUT2D eigenvalue weighted by atomic mass is 14.4. The molecule has 0 aliphatic heterocycles. The molecule has 0 nitrogen and oxygen atoms in total. The van der Waals surface area contributed by atoms with Crippen LogP contribution in [0, 0.1) is 5.41 Å². The molecule has 0 heteroatoms. The molecule has 0 N–H and O–H groups in total. The van der Waals surface area contributed by atoms with Crippen molar-refractivity contribution in [1.82, 2.24) is 0 Å². The highest BCUT2D eigenvalue weighted by Gasteiger charge is 2.38. The number of benzene rings is 2. The summed E-state index contributed by atoms with van der Waals surface area (Å²) in [5.74, 6) is 0. The Labute approximate surface area is 134 Å². The van der Waals surface area contributed by atoms with Crippen molar-refractivity contribution in [2.24, 2.45) is 5.41 Å². The maximum atomic E-state index is 2.45. The fraction of sp³-hybridized carbons (Fsp3) is 0.273. The molecular formula is C22H24. The smallest absolute Gasteiger partial charge is 0.0114 e. The Morgan fingerprint density at radius 1 is 0.773 bits per heavy atom. The summed E-state index contributed by atoms with van der Waals surface area (Å²) < 4.78 is 0. The largest absolute Gasteiger partial charge is 0.0839 e. The van der Waals surface area contributed by atoms with Gasteiger partial charge in [0.25, 0.3) is 0 Å². The molecule has 0 atom stereocenters. The van der Waals surface area contributed by atoms with E-state index in [0.29, 0.717) is 5.41 Å². The number of hydrogen-bond donors (Lipinski definition) is 0. The summed E-state index contributed by atoms with van der Waals surface area (Å²) in [5, 5.41) is 0. The van der Waals surface area contributed by atoms with E-state index in [4.69, 9.17) is 0 Å². The fourth-order valence-electron chi connectivity index (χ4n) is 2.85. The molecule has 0 amide bonds. The van der Waals surface area contributed by atoms with E-state index in [0.717, 1.165) is 0 Å². The molecule has 1 saturated carbocycles. The lowest BCUT2D eigenvalue weighted by molar-refractivity contribution is 0.557. The third kappa shape index (κ3) is 4.46. The Kier molecular flexibility index (Phi) is 4.90. The highest BCUT2D eigenvalue weighted by Crippen LogP contribution is 2.51. The van der Waals surface area contributed by atoms with E-state index >= 15 is 0 Å². The zero-order valence-electron chi connectivity index (χ0n) is 13.1. The predicted molar refractivity (Wildman–Crippen MR) is 96.5 cm³/mol. The van der Waals surface area contributed by atoms with Crippen LogP contribution in [0.4, 0.5) is 0 Å². The van der Waals surface area contributed by atoms with Crippen molar-refractivity contribution in [2.45, 2.75) is 32.1 Å². The summed E-state index contributed by atoms with van der Waals surface area (Å²) >= 11 is 0. The first-order chi connectivity index (χ1) is 10.9. The van der Waals surface area contributed by atoms with Crippen molar-refractivity contribution >= 4 is 12.2 Å². The maximum Gasteiger partial charge on any atom is -0.0114 e. The van der Waals surface area contributed by atoms with Gasteiger partial charge in [0.05, 0.1) is 0 Å². The van der Waals surface area contributed by atoms with Gasteiger partial charge in [-0.3, -0.25) is 0 Å². The first kappa shape index (κ1) is 14.8. The van der Waals surface area contributed by atoms with Crippen LogP contribution in [-0.4, -0.2) is 0 Å². The van der Waals surface area contributed by atoms with Crippen LogP contribution in [0.3, 0.4) is 0 Å². The molecule has 0 unspecified atom stereocenters. The summed E-state index contributed by atoms with van der Waals surface area (Å²) in [6.45, 7) is 0. The van der Waals surface area contributed by atoms with E-state index in [1.807, 2.05) is 0 Å². The summed E-state index contributed by atoms with van der Waals surface area (Å²) in [4.78, 5) is 0. The lowest BCUT2D eigenvalue weighted by Gasteiger charge is -2.08. The average Bonchev–Trinajstić information content (AvgIpc) is 3.35. The second-order valence-electron chi connectivity index (χ2n) is 6.31. The van der Waals surface area contributed by atoms with Gasteiger partial charge in [0, 0.05) is 0 Å². The van der Waals surface area contributed by atoms with Crippen molar-refractivity contribution in [3.05, 3.63) is 83.9 Å². The minimum absolute atomic E-state index is 0.496. The van der Waals surface area contributed by atoms with Gasteiger partial charge in [-0.25, -0.2) is 0 Å². The molecule has 1 fully saturated rings. The Morgan fingerprint density at radius 2 is 1.36 bits per heavy atom. The van der Waals surface area contributed by atoms with Gasteiger partial charge in [0.1, 0.15) is 0 Å². The Morgan fingerprint density at radius 3 is 1.95 bits per heavy atom. The predicted octanol–water partition coefficient (Wildman–Crippen LogP) is 6.36. The molecule has 3 rings (SSSR count). The third-order valence-electron chi connectivity index (χ3n) is 4.48. The second kappa shape index (κ2) is 7.26. The third-order valence-corrected chi connectivity index (χ3v) is 4.48. The Bertz CT molecular complexity index is 616. The summed E-state index contributed by atoms with van der Waals surface area (Å²) in [7, 11) is 0. The van der Waals surface area contributed by atoms with Crippen LogP contribution in [0.1, 0.15) is 43.2 Å². The lowest BCUT2D eigenvalue weighted by Crippen LogP contribution is -1.94. The van der Waals surface area contributed by atoms with Gasteiger partial charge in [-0.1, -0.05) is 85.0 Å². The van der Waals surface area contributed by atoms with Crippen LogP contribution in [0.5, 0.6) is 0 Å². The molecule has 0 saturated heterocycles. The molecule has 112 valence electrons. The second-order valence-corrected chi connectivity index (χ2v) is 6.31. The fourth-order valence-corrected chi connectivity index (χ4v) is 2.85. The minimum Gasteiger partial charge on any atom is -0.0839 e. The van der Waals surface area contributed by atoms with Crippen LogP contribution in [0.15, 0.2) is 72.8 Å². The first-order valence-electron chi connectivity index (χ1n) is 8.32. The zero-order chi connectivity index (χ0) is 15.1. The van der Waals surface area contributed by atoms with Crippen molar-refractivity contribution < 1.29 is 0 Å². The SMILES string of the molecule is C(=Cc1ccccc1)CCCC1(C=Cc2ccccc2)CC1. The van der Waals surface area contributed by atoms with E-state index in [1.165, 1.54) is 43.2 Å².